The van der Waals surface area contributed by atoms with Gasteiger partial charge in [0.05, 0.1) is 0 Å². The van der Waals surface area contributed by atoms with Gasteiger partial charge in [0.15, 0.2) is 0 Å². The minimum atomic E-state index is 0.805. The maximum absolute atomic E-state index is 5.76. The number of piperazine rings is 1. The highest BCUT2D eigenvalue weighted by Gasteiger charge is 2.22. The van der Waals surface area contributed by atoms with Gasteiger partial charge in [-0.2, -0.15) is 0 Å². The topological polar surface area (TPSA) is 35.7 Å². The highest BCUT2D eigenvalue weighted by Crippen LogP contribution is 2.23. The zero-order valence-electron chi connectivity index (χ0n) is 12.0. The van der Waals surface area contributed by atoms with E-state index in [1.54, 1.807) is 0 Å². The lowest BCUT2D eigenvalue weighted by Crippen LogP contribution is -2.48. The number of likely N-dealkylation sites (N-methyl/N-ethyl adjacent to an activating group) is 1. The van der Waals surface area contributed by atoms with Gasteiger partial charge in [-0.05, 0) is 19.9 Å². The third-order valence-corrected chi connectivity index (χ3v) is 4.56. The Balaban J connectivity index is 1.71. The van der Waals surface area contributed by atoms with Crippen molar-refractivity contribution in [3.8, 4) is 0 Å². The van der Waals surface area contributed by atoms with Crippen molar-refractivity contribution in [2.45, 2.75) is 31.7 Å². The van der Waals surface area contributed by atoms with E-state index in [1.165, 1.54) is 65.0 Å². The molecule has 0 aromatic heterocycles. The number of nitrogens with zero attached hydrogens (tertiary/aromatic N) is 3. The van der Waals surface area contributed by atoms with Gasteiger partial charge < -0.3 is 10.6 Å². The van der Waals surface area contributed by atoms with Gasteiger partial charge in [0.25, 0.3) is 0 Å². The maximum Gasteiger partial charge on any atom is 0.0113 e. The van der Waals surface area contributed by atoms with E-state index in [9.17, 15) is 0 Å². The van der Waals surface area contributed by atoms with Crippen molar-refractivity contribution in [2.75, 3.05) is 59.4 Å². The molecule has 0 aromatic rings. The van der Waals surface area contributed by atoms with Crippen molar-refractivity contribution in [1.82, 2.24) is 14.7 Å². The molecule has 1 saturated heterocycles. The molecule has 2 fully saturated rings. The molecule has 18 heavy (non-hydrogen) atoms. The van der Waals surface area contributed by atoms with E-state index < -0.39 is 0 Å². The molecule has 4 nitrogen and oxygen atoms in total. The van der Waals surface area contributed by atoms with Crippen molar-refractivity contribution >= 4 is 0 Å². The molecule has 0 atom stereocenters. The van der Waals surface area contributed by atoms with E-state index in [-0.39, 0.29) is 0 Å². The Morgan fingerprint density at radius 2 is 1.72 bits per heavy atom. The third-order valence-electron chi connectivity index (χ3n) is 4.56. The zero-order valence-corrected chi connectivity index (χ0v) is 12.0. The second-order valence-electron chi connectivity index (χ2n) is 5.91. The van der Waals surface area contributed by atoms with Crippen LogP contribution in [-0.2, 0) is 0 Å². The van der Waals surface area contributed by atoms with Crippen LogP contribution in [-0.4, -0.2) is 80.1 Å². The molecule has 4 heteroatoms. The van der Waals surface area contributed by atoms with Crippen LogP contribution in [0, 0.1) is 0 Å². The second kappa shape index (κ2) is 7.43. The molecule has 0 amide bonds. The van der Waals surface area contributed by atoms with Crippen molar-refractivity contribution in [1.29, 1.82) is 0 Å². The van der Waals surface area contributed by atoms with Crippen molar-refractivity contribution in [2.24, 2.45) is 5.73 Å². The Morgan fingerprint density at radius 3 is 2.33 bits per heavy atom. The summed E-state index contributed by atoms with van der Waals surface area (Å²) in [5.74, 6) is 0. The van der Waals surface area contributed by atoms with E-state index in [2.05, 4.69) is 21.7 Å². The van der Waals surface area contributed by atoms with Gasteiger partial charge in [0.2, 0.25) is 0 Å². The number of rotatable bonds is 6. The van der Waals surface area contributed by atoms with Crippen LogP contribution in [0.4, 0.5) is 0 Å². The fraction of sp³-hybridized carbons (Fsp3) is 1.00. The predicted octanol–water partition coefficient (Wildman–Crippen LogP) is 0.437. The van der Waals surface area contributed by atoms with Crippen LogP contribution in [0.3, 0.4) is 0 Å². The van der Waals surface area contributed by atoms with Gasteiger partial charge in [-0.15, -0.1) is 0 Å². The molecule has 0 radical (unpaired) electrons. The Kier molecular flexibility index (Phi) is 5.89. The molecule has 0 bridgehead atoms. The lowest BCUT2D eigenvalue weighted by atomic mass is 10.2. The monoisotopic (exact) mass is 254 g/mol. The largest absolute Gasteiger partial charge is 0.329 e. The molecule has 2 rings (SSSR count). The van der Waals surface area contributed by atoms with Crippen LogP contribution >= 0.6 is 0 Å². The number of nitrogens with two attached hydrogens (primary N) is 1. The average molecular weight is 254 g/mol. The summed E-state index contributed by atoms with van der Waals surface area (Å²) in [6.07, 6.45) is 5.62. The van der Waals surface area contributed by atoms with Gasteiger partial charge in [-0.25, -0.2) is 0 Å². The van der Waals surface area contributed by atoms with E-state index in [4.69, 9.17) is 5.73 Å². The summed E-state index contributed by atoms with van der Waals surface area (Å²) in [4.78, 5) is 7.68. The van der Waals surface area contributed by atoms with E-state index in [0.717, 1.165) is 19.1 Å². The molecule has 2 aliphatic rings. The first-order valence-electron chi connectivity index (χ1n) is 7.64. The van der Waals surface area contributed by atoms with E-state index in [1.807, 2.05) is 0 Å². The van der Waals surface area contributed by atoms with Gasteiger partial charge in [-0.3, -0.25) is 9.80 Å². The molecule has 0 aromatic carbocycles. The minimum Gasteiger partial charge on any atom is -0.329 e. The molecular formula is C14H30N4. The molecule has 0 unspecified atom stereocenters. The smallest absolute Gasteiger partial charge is 0.0113 e. The fourth-order valence-electron chi connectivity index (χ4n) is 3.25. The van der Waals surface area contributed by atoms with Gasteiger partial charge >= 0.3 is 0 Å². The summed E-state index contributed by atoms with van der Waals surface area (Å²) in [6.45, 7) is 9.24. The molecule has 2 N–H and O–H groups in total. The zero-order chi connectivity index (χ0) is 12.8. The van der Waals surface area contributed by atoms with Crippen LogP contribution in [0.15, 0.2) is 0 Å². The maximum atomic E-state index is 5.76. The molecule has 0 spiro atoms. The van der Waals surface area contributed by atoms with E-state index in [0.29, 0.717) is 0 Å². The minimum absolute atomic E-state index is 0.805. The van der Waals surface area contributed by atoms with Crippen molar-refractivity contribution in [3.63, 3.8) is 0 Å². The van der Waals surface area contributed by atoms with Gasteiger partial charge in [-0.1, -0.05) is 12.8 Å². The lowest BCUT2D eigenvalue weighted by Gasteiger charge is -2.35. The Bertz CT molecular complexity index is 220. The average Bonchev–Trinajstić information content (AvgIpc) is 2.90. The predicted molar refractivity (Wildman–Crippen MR) is 76.8 cm³/mol. The highest BCUT2D eigenvalue weighted by atomic mass is 15.3. The van der Waals surface area contributed by atoms with Crippen LogP contribution < -0.4 is 5.73 Å². The first-order chi connectivity index (χ1) is 8.79. The molecule has 1 heterocycles. The summed E-state index contributed by atoms with van der Waals surface area (Å²) in [7, 11) is 2.22. The SMILES string of the molecule is CN1CCN(CCN(CCN)C2CCCC2)CC1. The molecule has 106 valence electrons. The summed E-state index contributed by atoms with van der Waals surface area (Å²) in [6, 6.07) is 0.820. The van der Waals surface area contributed by atoms with Gasteiger partial charge in [0, 0.05) is 58.4 Å². The normalized spacial score (nSPS) is 24.2. The Morgan fingerprint density at radius 1 is 1.06 bits per heavy atom. The standard InChI is InChI=1S/C14H30N4/c1-16-8-10-17(11-9-16)12-13-18(7-6-15)14-4-2-3-5-14/h14H,2-13,15H2,1H3. The summed E-state index contributed by atoms with van der Waals surface area (Å²) in [5.41, 5.74) is 5.76. The van der Waals surface area contributed by atoms with Gasteiger partial charge in [0.1, 0.15) is 0 Å². The molecule has 1 aliphatic carbocycles. The first-order valence-corrected chi connectivity index (χ1v) is 7.64. The highest BCUT2D eigenvalue weighted by molar-refractivity contribution is 4.79. The van der Waals surface area contributed by atoms with Crippen LogP contribution in [0.25, 0.3) is 0 Å². The molecule has 1 saturated carbocycles. The van der Waals surface area contributed by atoms with Crippen LogP contribution in [0.5, 0.6) is 0 Å². The molecular weight excluding hydrogens is 224 g/mol. The summed E-state index contributed by atoms with van der Waals surface area (Å²) in [5, 5.41) is 0. The number of hydrogen-bond acceptors (Lipinski definition) is 4. The van der Waals surface area contributed by atoms with Crippen molar-refractivity contribution in [3.05, 3.63) is 0 Å². The van der Waals surface area contributed by atoms with Crippen LogP contribution in [0.1, 0.15) is 25.7 Å². The third kappa shape index (κ3) is 4.19. The summed E-state index contributed by atoms with van der Waals surface area (Å²) >= 11 is 0. The second-order valence-corrected chi connectivity index (χ2v) is 5.91. The van der Waals surface area contributed by atoms with Crippen LogP contribution in [0.2, 0.25) is 0 Å². The quantitative estimate of drug-likeness (QED) is 0.746. The fourth-order valence-corrected chi connectivity index (χ4v) is 3.25. The first kappa shape index (κ1) is 14.3. The van der Waals surface area contributed by atoms with Crippen molar-refractivity contribution < 1.29 is 0 Å². The molecule has 1 aliphatic heterocycles. The Hall–Kier alpha value is -0.160. The number of hydrogen-bond donors (Lipinski definition) is 1. The lowest BCUT2D eigenvalue weighted by molar-refractivity contribution is 0.121. The summed E-state index contributed by atoms with van der Waals surface area (Å²) < 4.78 is 0. The van der Waals surface area contributed by atoms with E-state index >= 15 is 0 Å². The Labute approximate surface area is 112 Å².